The Labute approximate surface area is 142 Å². The topological polar surface area (TPSA) is 70.5 Å². The minimum absolute atomic E-state index is 0.179. The van der Waals surface area contributed by atoms with E-state index >= 15 is 0 Å². The molecular formula is C18H24N4O2. The summed E-state index contributed by atoms with van der Waals surface area (Å²) in [5.41, 5.74) is 1.16. The van der Waals surface area contributed by atoms with Gasteiger partial charge in [-0.3, -0.25) is 0 Å². The van der Waals surface area contributed by atoms with Gasteiger partial charge in [0, 0.05) is 25.8 Å². The second-order valence-corrected chi connectivity index (χ2v) is 5.95. The molecule has 0 saturated carbocycles. The number of anilines is 2. The molecule has 2 N–H and O–H groups in total. The Morgan fingerprint density at radius 3 is 2.83 bits per heavy atom. The number of nitrogens with one attached hydrogen (secondary N) is 1. The maximum Gasteiger partial charge on any atom is 0.224 e. The first-order chi connectivity index (χ1) is 11.8. The zero-order chi connectivity index (χ0) is 16.8. The Hall–Kier alpha value is -2.34. The van der Waals surface area contributed by atoms with Crippen LogP contribution in [-0.2, 0) is 6.42 Å². The fraction of sp³-hybridized carbons (Fsp3) is 0.444. The zero-order valence-corrected chi connectivity index (χ0v) is 14.0. The van der Waals surface area contributed by atoms with Gasteiger partial charge in [-0.1, -0.05) is 18.2 Å². The summed E-state index contributed by atoms with van der Waals surface area (Å²) in [5, 5.41) is 12.9. The number of hydrogen-bond donors (Lipinski definition) is 2. The highest BCUT2D eigenvalue weighted by Crippen LogP contribution is 2.19. The Bertz CT molecular complexity index is 657. The summed E-state index contributed by atoms with van der Waals surface area (Å²) in [4.78, 5) is 11.1. The van der Waals surface area contributed by atoms with Gasteiger partial charge in [-0.05, 0) is 37.0 Å². The lowest BCUT2D eigenvalue weighted by Crippen LogP contribution is -2.36. The van der Waals surface area contributed by atoms with E-state index in [1.165, 1.54) is 0 Å². The summed E-state index contributed by atoms with van der Waals surface area (Å²) >= 11 is 0. The molecule has 1 aliphatic heterocycles. The Morgan fingerprint density at radius 2 is 2.04 bits per heavy atom. The summed E-state index contributed by atoms with van der Waals surface area (Å²) in [6.07, 6.45) is 4.02. The zero-order valence-electron chi connectivity index (χ0n) is 14.0. The van der Waals surface area contributed by atoms with Crippen molar-refractivity contribution in [1.29, 1.82) is 0 Å². The van der Waals surface area contributed by atoms with Gasteiger partial charge in [-0.15, -0.1) is 0 Å². The number of ether oxygens (including phenoxy) is 1. The van der Waals surface area contributed by atoms with E-state index in [0.29, 0.717) is 5.95 Å². The molecule has 6 heteroatoms. The van der Waals surface area contributed by atoms with E-state index in [1.54, 1.807) is 13.3 Å². The fourth-order valence-electron chi connectivity index (χ4n) is 2.92. The monoisotopic (exact) mass is 328 g/mol. The first kappa shape index (κ1) is 16.5. The van der Waals surface area contributed by atoms with E-state index in [4.69, 9.17) is 4.74 Å². The van der Waals surface area contributed by atoms with E-state index in [2.05, 4.69) is 26.3 Å². The van der Waals surface area contributed by atoms with Gasteiger partial charge in [0.1, 0.15) is 11.6 Å². The Balaban J connectivity index is 1.57. The number of nitrogens with zero attached hydrogens (tertiary/aromatic N) is 3. The molecule has 0 amide bonds. The molecule has 0 bridgehead atoms. The van der Waals surface area contributed by atoms with Crippen LogP contribution >= 0.6 is 0 Å². The van der Waals surface area contributed by atoms with Crippen LogP contribution in [0, 0.1) is 0 Å². The lowest BCUT2D eigenvalue weighted by atomic mass is 10.1. The minimum Gasteiger partial charge on any atom is -0.496 e. The molecule has 128 valence electrons. The molecule has 1 aromatic carbocycles. The number of rotatable bonds is 6. The molecule has 3 rings (SSSR count). The van der Waals surface area contributed by atoms with Crippen molar-refractivity contribution in [3.8, 4) is 5.75 Å². The normalized spacial score (nSPS) is 15.3. The Kier molecular flexibility index (Phi) is 5.48. The molecule has 0 unspecified atom stereocenters. The predicted molar refractivity (Wildman–Crippen MR) is 94.7 cm³/mol. The summed E-state index contributed by atoms with van der Waals surface area (Å²) in [5.74, 6) is 2.45. The number of para-hydroxylation sites is 1. The summed E-state index contributed by atoms with van der Waals surface area (Å²) < 4.78 is 5.37. The quantitative estimate of drug-likeness (QED) is 0.846. The van der Waals surface area contributed by atoms with Crippen LogP contribution in [0.2, 0.25) is 0 Å². The van der Waals surface area contributed by atoms with Crippen molar-refractivity contribution in [3.05, 3.63) is 42.1 Å². The van der Waals surface area contributed by atoms with Crippen molar-refractivity contribution < 1.29 is 9.84 Å². The molecule has 0 aliphatic carbocycles. The molecular weight excluding hydrogens is 304 g/mol. The molecule has 0 radical (unpaired) electrons. The number of aliphatic hydroxyl groups is 1. The predicted octanol–water partition coefficient (Wildman–Crippen LogP) is 2.10. The standard InChI is InChI=1S/C18H24N4O2/c1-24-16-5-3-2-4-14(16)6-10-19-18-20-11-7-17(21-18)22-12-8-15(23)9-13-22/h2-5,7,11,15,23H,6,8-10,12-13H2,1H3,(H,19,20,21). The average molecular weight is 328 g/mol. The third-order valence-corrected chi connectivity index (χ3v) is 4.30. The third kappa shape index (κ3) is 4.14. The average Bonchev–Trinajstić information content (AvgIpc) is 2.63. The molecule has 1 saturated heterocycles. The third-order valence-electron chi connectivity index (χ3n) is 4.30. The van der Waals surface area contributed by atoms with Gasteiger partial charge in [-0.25, -0.2) is 4.98 Å². The first-order valence-corrected chi connectivity index (χ1v) is 8.38. The summed E-state index contributed by atoms with van der Waals surface area (Å²) in [7, 11) is 1.69. The second kappa shape index (κ2) is 7.97. The highest BCUT2D eigenvalue weighted by Gasteiger charge is 2.18. The molecule has 1 fully saturated rings. The number of benzene rings is 1. The maximum absolute atomic E-state index is 9.61. The van der Waals surface area contributed by atoms with Gasteiger partial charge < -0.3 is 20.1 Å². The molecule has 2 aromatic rings. The van der Waals surface area contributed by atoms with Crippen LogP contribution in [0.15, 0.2) is 36.5 Å². The number of hydrogen-bond acceptors (Lipinski definition) is 6. The molecule has 6 nitrogen and oxygen atoms in total. The minimum atomic E-state index is -0.179. The maximum atomic E-state index is 9.61. The van der Waals surface area contributed by atoms with E-state index < -0.39 is 0 Å². The number of piperidine rings is 1. The largest absolute Gasteiger partial charge is 0.496 e. The highest BCUT2D eigenvalue weighted by molar-refractivity contribution is 5.43. The van der Waals surface area contributed by atoms with Crippen LogP contribution < -0.4 is 15.0 Å². The van der Waals surface area contributed by atoms with Crippen molar-refractivity contribution in [3.63, 3.8) is 0 Å². The number of aromatic nitrogens is 2. The van der Waals surface area contributed by atoms with Gasteiger partial charge in [0.2, 0.25) is 5.95 Å². The smallest absolute Gasteiger partial charge is 0.224 e. The molecule has 24 heavy (non-hydrogen) atoms. The van der Waals surface area contributed by atoms with Gasteiger partial charge in [-0.2, -0.15) is 4.98 Å². The van der Waals surface area contributed by atoms with Crippen LogP contribution in [0.25, 0.3) is 0 Å². The molecule has 0 spiro atoms. The number of methoxy groups -OCH3 is 1. The summed E-state index contributed by atoms with van der Waals surface area (Å²) in [6, 6.07) is 9.94. The van der Waals surface area contributed by atoms with Crippen molar-refractivity contribution in [2.24, 2.45) is 0 Å². The van der Waals surface area contributed by atoms with Crippen molar-refractivity contribution in [2.45, 2.75) is 25.4 Å². The van der Waals surface area contributed by atoms with Crippen LogP contribution in [0.1, 0.15) is 18.4 Å². The van der Waals surface area contributed by atoms with Crippen LogP contribution in [0.4, 0.5) is 11.8 Å². The highest BCUT2D eigenvalue weighted by atomic mass is 16.5. The van der Waals surface area contributed by atoms with E-state index in [9.17, 15) is 5.11 Å². The molecule has 1 aliphatic rings. The van der Waals surface area contributed by atoms with E-state index in [-0.39, 0.29) is 6.10 Å². The lowest BCUT2D eigenvalue weighted by Gasteiger charge is -2.30. The number of aliphatic hydroxyl groups excluding tert-OH is 1. The van der Waals surface area contributed by atoms with Crippen molar-refractivity contribution in [2.75, 3.05) is 37.0 Å². The second-order valence-electron chi connectivity index (χ2n) is 5.95. The fourth-order valence-corrected chi connectivity index (χ4v) is 2.92. The Morgan fingerprint density at radius 1 is 1.25 bits per heavy atom. The van der Waals surface area contributed by atoms with Gasteiger partial charge in [0.25, 0.3) is 0 Å². The molecule has 1 aromatic heterocycles. The summed E-state index contributed by atoms with van der Waals surface area (Å²) in [6.45, 7) is 2.40. The van der Waals surface area contributed by atoms with Gasteiger partial charge in [0.15, 0.2) is 0 Å². The lowest BCUT2D eigenvalue weighted by molar-refractivity contribution is 0.145. The van der Waals surface area contributed by atoms with Crippen molar-refractivity contribution in [1.82, 2.24) is 9.97 Å². The van der Waals surface area contributed by atoms with Crippen LogP contribution in [-0.4, -0.2) is 47.9 Å². The van der Waals surface area contributed by atoms with Crippen molar-refractivity contribution >= 4 is 11.8 Å². The molecule has 2 heterocycles. The van der Waals surface area contributed by atoms with Crippen LogP contribution in [0.5, 0.6) is 5.75 Å². The molecule has 0 atom stereocenters. The van der Waals surface area contributed by atoms with E-state index in [0.717, 1.165) is 56.0 Å². The van der Waals surface area contributed by atoms with Gasteiger partial charge >= 0.3 is 0 Å². The van der Waals surface area contributed by atoms with Gasteiger partial charge in [0.05, 0.1) is 13.2 Å². The SMILES string of the molecule is COc1ccccc1CCNc1nccc(N2CCC(O)CC2)n1. The van der Waals surface area contributed by atoms with E-state index in [1.807, 2.05) is 24.3 Å². The first-order valence-electron chi connectivity index (χ1n) is 8.38. The van der Waals surface area contributed by atoms with Crippen LogP contribution in [0.3, 0.4) is 0 Å².